The summed E-state index contributed by atoms with van der Waals surface area (Å²) in [6.45, 7) is 0.326. The highest BCUT2D eigenvalue weighted by Gasteiger charge is 2.41. The lowest BCUT2D eigenvalue weighted by Gasteiger charge is -2.21. The molecule has 0 radical (unpaired) electrons. The van der Waals surface area contributed by atoms with E-state index >= 15 is 0 Å². The van der Waals surface area contributed by atoms with Crippen LogP contribution in [0, 0.1) is 0 Å². The van der Waals surface area contributed by atoms with E-state index in [1.165, 1.54) is 27.8 Å². The molecular formula is C17H15ClN2O4S3. The summed E-state index contributed by atoms with van der Waals surface area (Å²) in [4.78, 5) is 17.0. The largest absolute Gasteiger partial charge is 0.457 e. The van der Waals surface area contributed by atoms with Crippen LogP contribution in [-0.2, 0) is 26.2 Å². The number of sulfonamides is 1. The van der Waals surface area contributed by atoms with Gasteiger partial charge < -0.3 is 4.74 Å². The Kier molecular flexibility index (Phi) is 5.21. The lowest BCUT2D eigenvalue weighted by molar-refractivity contribution is -0.148. The van der Waals surface area contributed by atoms with Gasteiger partial charge in [0.25, 0.3) is 10.0 Å². The number of fused-ring (bicyclic) bond motifs is 1. The van der Waals surface area contributed by atoms with Gasteiger partial charge in [-0.1, -0.05) is 23.7 Å². The summed E-state index contributed by atoms with van der Waals surface area (Å²) in [6, 6.07) is 9.86. The van der Waals surface area contributed by atoms with E-state index in [2.05, 4.69) is 4.98 Å². The molecule has 1 atom stereocenters. The summed E-state index contributed by atoms with van der Waals surface area (Å²) in [6.07, 6.45) is 1.05. The highest BCUT2D eigenvalue weighted by atomic mass is 35.5. The zero-order valence-electron chi connectivity index (χ0n) is 14.0. The second-order valence-electron chi connectivity index (χ2n) is 6.02. The number of thiazole rings is 1. The van der Waals surface area contributed by atoms with Gasteiger partial charge in [-0.2, -0.15) is 4.31 Å². The number of thiophene rings is 1. The third kappa shape index (κ3) is 3.74. The second kappa shape index (κ2) is 7.48. The van der Waals surface area contributed by atoms with Crippen molar-refractivity contribution in [1.82, 2.24) is 9.29 Å². The number of hydrogen-bond donors (Lipinski definition) is 0. The van der Waals surface area contributed by atoms with Crippen LogP contribution in [0.3, 0.4) is 0 Å². The number of aromatic nitrogens is 1. The van der Waals surface area contributed by atoms with E-state index in [1.54, 1.807) is 0 Å². The molecule has 1 saturated heterocycles. The van der Waals surface area contributed by atoms with Crippen LogP contribution in [-0.4, -0.2) is 36.3 Å². The molecule has 0 bridgehead atoms. The summed E-state index contributed by atoms with van der Waals surface area (Å²) in [7, 11) is -3.76. The molecule has 0 unspecified atom stereocenters. The molecule has 0 aliphatic carbocycles. The van der Waals surface area contributed by atoms with Gasteiger partial charge in [0.15, 0.2) is 0 Å². The molecule has 0 saturated carbocycles. The van der Waals surface area contributed by atoms with Crippen molar-refractivity contribution < 1.29 is 17.9 Å². The number of nitrogens with zero attached hydrogens (tertiary/aromatic N) is 2. The van der Waals surface area contributed by atoms with Crippen molar-refractivity contribution in [2.75, 3.05) is 6.54 Å². The molecule has 10 heteroatoms. The Bertz CT molecular complexity index is 1060. The van der Waals surface area contributed by atoms with Crippen LogP contribution in [0.2, 0.25) is 4.34 Å². The number of ether oxygens (including phenoxy) is 1. The Labute approximate surface area is 169 Å². The lowest BCUT2D eigenvalue weighted by Crippen LogP contribution is -2.41. The number of hydrogen-bond acceptors (Lipinski definition) is 7. The van der Waals surface area contributed by atoms with Gasteiger partial charge in [-0.3, -0.25) is 4.79 Å². The van der Waals surface area contributed by atoms with Gasteiger partial charge in [0, 0.05) is 6.54 Å². The van der Waals surface area contributed by atoms with Crippen molar-refractivity contribution in [1.29, 1.82) is 0 Å². The predicted octanol–water partition coefficient (Wildman–Crippen LogP) is 3.91. The predicted molar refractivity (Wildman–Crippen MR) is 106 cm³/mol. The van der Waals surface area contributed by atoms with Crippen molar-refractivity contribution in [3.05, 3.63) is 45.7 Å². The third-order valence-electron chi connectivity index (χ3n) is 4.26. The van der Waals surface area contributed by atoms with Crippen LogP contribution < -0.4 is 0 Å². The van der Waals surface area contributed by atoms with E-state index < -0.39 is 22.0 Å². The average molecular weight is 443 g/mol. The minimum atomic E-state index is -3.76. The summed E-state index contributed by atoms with van der Waals surface area (Å²) < 4.78 is 33.8. The van der Waals surface area contributed by atoms with Crippen molar-refractivity contribution in [3.8, 4) is 0 Å². The number of esters is 1. The van der Waals surface area contributed by atoms with Crippen LogP contribution in [0.15, 0.2) is 40.6 Å². The number of para-hydroxylation sites is 1. The molecule has 1 fully saturated rings. The normalized spacial score (nSPS) is 18.2. The highest BCUT2D eigenvalue weighted by molar-refractivity contribution is 7.91. The van der Waals surface area contributed by atoms with E-state index in [1.807, 2.05) is 24.3 Å². The van der Waals surface area contributed by atoms with E-state index in [-0.39, 0.29) is 10.8 Å². The molecule has 3 heterocycles. The van der Waals surface area contributed by atoms with Crippen LogP contribution in [0.5, 0.6) is 0 Å². The number of carbonyl (C=O) groups is 1. The SMILES string of the molecule is O=C(OCc1nc2ccccc2s1)[C@H]1CCCN1S(=O)(=O)c1ccc(Cl)s1. The summed E-state index contributed by atoms with van der Waals surface area (Å²) in [5.74, 6) is -0.544. The van der Waals surface area contributed by atoms with Crippen LogP contribution >= 0.6 is 34.3 Å². The van der Waals surface area contributed by atoms with E-state index in [0.717, 1.165) is 21.6 Å². The summed E-state index contributed by atoms with van der Waals surface area (Å²) >= 11 is 8.30. The molecule has 1 aliphatic rings. The molecule has 0 amide bonds. The van der Waals surface area contributed by atoms with Crippen molar-refractivity contribution >= 4 is 60.5 Å². The maximum atomic E-state index is 12.8. The molecule has 142 valence electrons. The molecule has 0 spiro atoms. The van der Waals surface area contributed by atoms with Gasteiger partial charge >= 0.3 is 5.97 Å². The fraction of sp³-hybridized carbons (Fsp3) is 0.294. The molecule has 1 aliphatic heterocycles. The van der Waals surface area contributed by atoms with Gasteiger partial charge in [-0.05, 0) is 37.1 Å². The van der Waals surface area contributed by atoms with E-state index in [9.17, 15) is 13.2 Å². The molecule has 3 aromatic rings. The topological polar surface area (TPSA) is 76.6 Å². The van der Waals surface area contributed by atoms with Gasteiger partial charge in [0.05, 0.1) is 14.6 Å². The highest BCUT2D eigenvalue weighted by Crippen LogP contribution is 2.32. The summed E-state index contributed by atoms with van der Waals surface area (Å²) in [5, 5.41) is 0.682. The Hall–Kier alpha value is -1.52. The number of halogens is 1. The smallest absolute Gasteiger partial charge is 0.324 e. The van der Waals surface area contributed by atoms with Gasteiger partial charge in [0.1, 0.15) is 21.9 Å². The van der Waals surface area contributed by atoms with Crippen molar-refractivity contribution in [3.63, 3.8) is 0 Å². The molecule has 6 nitrogen and oxygen atoms in total. The fourth-order valence-corrected chi connectivity index (χ4v) is 7.17. The second-order valence-corrected chi connectivity index (χ2v) is 11.0. The number of carbonyl (C=O) groups excluding carboxylic acids is 1. The first kappa shape index (κ1) is 18.8. The fourth-order valence-electron chi connectivity index (χ4n) is 3.03. The van der Waals surface area contributed by atoms with Gasteiger partial charge in [-0.15, -0.1) is 22.7 Å². The molecule has 4 rings (SSSR count). The molecule has 1 aromatic carbocycles. The van der Waals surface area contributed by atoms with Crippen molar-refractivity contribution in [2.45, 2.75) is 29.7 Å². The van der Waals surface area contributed by atoms with Gasteiger partial charge in [-0.25, -0.2) is 13.4 Å². The zero-order chi connectivity index (χ0) is 19.0. The molecule has 2 aromatic heterocycles. The van der Waals surface area contributed by atoms with Gasteiger partial charge in [0.2, 0.25) is 0 Å². The van der Waals surface area contributed by atoms with E-state index in [0.29, 0.717) is 28.7 Å². The zero-order valence-corrected chi connectivity index (χ0v) is 17.2. The summed E-state index contributed by atoms with van der Waals surface area (Å²) in [5.41, 5.74) is 0.855. The maximum absolute atomic E-state index is 12.8. The first-order valence-electron chi connectivity index (χ1n) is 8.23. The Morgan fingerprint density at radius 2 is 2.07 bits per heavy atom. The Morgan fingerprint density at radius 3 is 2.81 bits per heavy atom. The molecule has 0 N–H and O–H groups in total. The molecule has 27 heavy (non-hydrogen) atoms. The monoisotopic (exact) mass is 442 g/mol. The number of rotatable bonds is 5. The van der Waals surface area contributed by atoms with E-state index in [4.69, 9.17) is 16.3 Å². The van der Waals surface area contributed by atoms with Crippen LogP contribution in [0.1, 0.15) is 17.8 Å². The van der Waals surface area contributed by atoms with Crippen LogP contribution in [0.25, 0.3) is 10.2 Å². The lowest BCUT2D eigenvalue weighted by atomic mass is 10.2. The molecular weight excluding hydrogens is 428 g/mol. The van der Waals surface area contributed by atoms with Crippen LogP contribution in [0.4, 0.5) is 0 Å². The van der Waals surface area contributed by atoms with Crippen molar-refractivity contribution in [2.24, 2.45) is 0 Å². The maximum Gasteiger partial charge on any atom is 0.324 e. The first-order valence-corrected chi connectivity index (χ1v) is 11.7. The minimum Gasteiger partial charge on any atom is -0.457 e. The Balaban J connectivity index is 1.47. The average Bonchev–Trinajstić information content (AvgIpc) is 3.38. The number of benzene rings is 1. The third-order valence-corrected chi connectivity index (χ3v) is 8.88. The minimum absolute atomic E-state index is 0.0351. The standard InChI is InChI=1S/C17H15ClN2O4S3/c18-14-7-8-16(26-14)27(22,23)20-9-3-5-12(20)17(21)24-10-15-19-11-4-1-2-6-13(11)25-15/h1-2,4,6-8,12H,3,5,9-10H2/t12-/m1/s1. The quantitative estimate of drug-likeness (QED) is 0.560. The Morgan fingerprint density at radius 1 is 1.26 bits per heavy atom. The first-order chi connectivity index (χ1) is 12.9.